The molecule has 162 valence electrons. The molecule has 0 saturated heterocycles. The summed E-state index contributed by atoms with van der Waals surface area (Å²) in [7, 11) is 1.52. The molecule has 2 amide bonds. The number of urea groups is 1. The van der Waals surface area contributed by atoms with Crippen LogP contribution in [0.1, 0.15) is 35.8 Å². The van der Waals surface area contributed by atoms with Crippen molar-refractivity contribution in [3.8, 4) is 5.75 Å². The van der Waals surface area contributed by atoms with Crippen LogP contribution >= 0.6 is 0 Å². The van der Waals surface area contributed by atoms with Crippen LogP contribution in [-0.2, 0) is 9.53 Å². The first-order chi connectivity index (χ1) is 14.8. The van der Waals surface area contributed by atoms with Crippen LogP contribution in [0.2, 0.25) is 0 Å². The molecule has 0 fully saturated rings. The minimum atomic E-state index is -0.818. The third-order valence-electron chi connectivity index (χ3n) is 4.91. The Morgan fingerprint density at radius 3 is 2.32 bits per heavy atom. The molecule has 0 spiro atoms. The number of esters is 1. The second-order valence-electron chi connectivity index (χ2n) is 6.94. The fraction of sp³-hybridized carbons (Fsp3) is 0.261. The van der Waals surface area contributed by atoms with Gasteiger partial charge >= 0.3 is 12.0 Å². The zero-order valence-corrected chi connectivity index (χ0v) is 17.5. The average Bonchev–Trinajstić information content (AvgIpc) is 2.75. The van der Waals surface area contributed by atoms with Gasteiger partial charge in [0.1, 0.15) is 18.2 Å². The first kappa shape index (κ1) is 22.0. The molecular formula is C23H23FN2O5. The van der Waals surface area contributed by atoms with Crippen molar-refractivity contribution in [2.75, 3.05) is 20.3 Å². The van der Waals surface area contributed by atoms with Gasteiger partial charge in [0.15, 0.2) is 5.78 Å². The predicted octanol–water partition coefficient (Wildman–Crippen LogP) is 3.62. The van der Waals surface area contributed by atoms with Gasteiger partial charge in [-0.05, 0) is 55.8 Å². The molecule has 0 aliphatic carbocycles. The number of nitrogens with one attached hydrogen (secondary N) is 1. The van der Waals surface area contributed by atoms with Gasteiger partial charge in [-0.15, -0.1) is 0 Å². The summed E-state index contributed by atoms with van der Waals surface area (Å²) in [5.74, 6) is -0.625. The van der Waals surface area contributed by atoms with Crippen molar-refractivity contribution in [1.29, 1.82) is 0 Å². The van der Waals surface area contributed by atoms with Crippen molar-refractivity contribution in [3.63, 3.8) is 0 Å². The summed E-state index contributed by atoms with van der Waals surface area (Å²) in [5, 5.41) is 2.75. The molecule has 1 aliphatic heterocycles. The standard InChI is InChI=1S/C23H23FN2O5/c1-4-30-22(28)20-19(13-31-18-11-7-15(8-12-18)14(2)27)26(3)23(29)25-21(20)16-5-9-17(24)10-6-16/h5-12,21H,4,13H2,1-3H3,(H,25,29)/t21-/m0/s1. The molecule has 8 heteroatoms. The molecule has 1 heterocycles. The fourth-order valence-corrected chi connectivity index (χ4v) is 3.22. The van der Waals surface area contributed by atoms with Crippen LogP contribution in [0.15, 0.2) is 59.8 Å². The smallest absolute Gasteiger partial charge is 0.338 e. The maximum atomic E-state index is 13.4. The molecule has 0 radical (unpaired) electrons. The molecule has 3 rings (SSSR count). The molecule has 0 bridgehead atoms. The van der Waals surface area contributed by atoms with Crippen LogP contribution < -0.4 is 10.1 Å². The topological polar surface area (TPSA) is 84.9 Å². The molecule has 0 aromatic heterocycles. The van der Waals surface area contributed by atoms with E-state index in [4.69, 9.17) is 9.47 Å². The number of nitrogens with zero attached hydrogens (tertiary/aromatic N) is 1. The number of carbonyl (C=O) groups is 3. The third-order valence-corrected chi connectivity index (χ3v) is 4.91. The zero-order valence-electron chi connectivity index (χ0n) is 17.5. The highest BCUT2D eigenvalue weighted by Gasteiger charge is 2.37. The Kier molecular flexibility index (Phi) is 6.69. The summed E-state index contributed by atoms with van der Waals surface area (Å²) >= 11 is 0. The van der Waals surface area contributed by atoms with E-state index in [2.05, 4.69) is 5.32 Å². The Labute approximate surface area is 179 Å². The first-order valence-corrected chi connectivity index (χ1v) is 9.75. The summed E-state index contributed by atoms with van der Waals surface area (Å²) in [6, 6.07) is 10.8. The molecule has 2 aromatic carbocycles. The Morgan fingerprint density at radius 1 is 1.10 bits per heavy atom. The molecule has 0 saturated carbocycles. The van der Waals surface area contributed by atoms with Crippen LogP contribution in [0.25, 0.3) is 0 Å². The van der Waals surface area contributed by atoms with E-state index >= 15 is 0 Å². The van der Waals surface area contributed by atoms with E-state index < -0.39 is 23.9 Å². The van der Waals surface area contributed by atoms with Gasteiger partial charge in [-0.1, -0.05) is 12.1 Å². The number of benzene rings is 2. The number of ketones is 1. The summed E-state index contributed by atoms with van der Waals surface area (Å²) in [5.41, 5.74) is 1.61. The highest BCUT2D eigenvalue weighted by molar-refractivity contribution is 5.95. The molecular weight excluding hydrogens is 403 g/mol. The lowest BCUT2D eigenvalue weighted by Gasteiger charge is -2.34. The van der Waals surface area contributed by atoms with E-state index in [-0.39, 0.29) is 24.6 Å². The Morgan fingerprint density at radius 2 is 1.74 bits per heavy atom. The van der Waals surface area contributed by atoms with Crippen LogP contribution in [0.3, 0.4) is 0 Å². The lowest BCUT2D eigenvalue weighted by atomic mass is 9.94. The van der Waals surface area contributed by atoms with Crippen molar-refractivity contribution >= 4 is 17.8 Å². The van der Waals surface area contributed by atoms with Gasteiger partial charge in [-0.2, -0.15) is 0 Å². The van der Waals surface area contributed by atoms with Crippen LogP contribution in [0, 0.1) is 5.82 Å². The van der Waals surface area contributed by atoms with Crippen LogP contribution in [0.4, 0.5) is 9.18 Å². The molecule has 1 N–H and O–H groups in total. The van der Waals surface area contributed by atoms with Gasteiger partial charge in [0.2, 0.25) is 0 Å². The minimum Gasteiger partial charge on any atom is -0.487 e. The maximum Gasteiger partial charge on any atom is 0.338 e. The number of carbonyl (C=O) groups excluding carboxylic acids is 3. The van der Waals surface area contributed by atoms with Crippen LogP contribution in [0.5, 0.6) is 5.75 Å². The number of Topliss-reactive ketones (excluding diaryl/α,β-unsaturated/α-hetero) is 1. The molecule has 1 aliphatic rings. The van der Waals surface area contributed by atoms with Gasteiger partial charge in [-0.3, -0.25) is 9.69 Å². The Hall–Kier alpha value is -3.68. The second kappa shape index (κ2) is 9.42. The highest BCUT2D eigenvalue weighted by atomic mass is 19.1. The Balaban J connectivity index is 1.97. The van der Waals surface area contributed by atoms with E-state index in [1.165, 1.54) is 43.1 Å². The van der Waals surface area contributed by atoms with E-state index in [1.54, 1.807) is 31.2 Å². The van der Waals surface area contributed by atoms with Gasteiger partial charge in [-0.25, -0.2) is 14.0 Å². The largest absolute Gasteiger partial charge is 0.487 e. The van der Waals surface area contributed by atoms with Crippen molar-refractivity contribution in [3.05, 3.63) is 76.7 Å². The number of amides is 2. The van der Waals surface area contributed by atoms with Crippen molar-refractivity contribution in [1.82, 2.24) is 10.2 Å². The van der Waals surface area contributed by atoms with E-state index in [0.717, 1.165) is 0 Å². The zero-order chi connectivity index (χ0) is 22.5. The summed E-state index contributed by atoms with van der Waals surface area (Å²) in [6.45, 7) is 3.21. The van der Waals surface area contributed by atoms with Crippen molar-refractivity contribution < 1.29 is 28.2 Å². The Bertz CT molecular complexity index is 1020. The quantitative estimate of drug-likeness (QED) is 0.540. The normalized spacial score (nSPS) is 16.1. The van der Waals surface area contributed by atoms with Gasteiger partial charge in [0.05, 0.1) is 23.9 Å². The number of likely N-dealkylation sites (N-methyl/N-ethyl adjacent to an activating group) is 1. The molecule has 31 heavy (non-hydrogen) atoms. The van der Waals surface area contributed by atoms with Crippen LogP contribution in [-0.4, -0.2) is 42.9 Å². The number of hydrogen-bond acceptors (Lipinski definition) is 5. The lowest BCUT2D eigenvalue weighted by molar-refractivity contribution is -0.139. The molecule has 0 unspecified atom stereocenters. The lowest BCUT2D eigenvalue weighted by Crippen LogP contribution is -2.48. The molecule has 1 atom stereocenters. The summed E-state index contributed by atoms with van der Waals surface area (Å²) < 4.78 is 24.4. The first-order valence-electron chi connectivity index (χ1n) is 9.75. The number of hydrogen-bond donors (Lipinski definition) is 1. The monoisotopic (exact) mass is 426 g/mol. The maximum absolute atomic E-state index is 13.4. The summed E-state index contributed by atoms with van der Waals surface area (Å²) in [6.07, 6.45) is 0. The van der Waals surface area contributed by atoms with Gasteiger partial charge in [0, 0.05) is 12.6 Å². The van der Waals surface area contributed by atoms with E-state index in [9.17, 15) is 18.8 Å². The predicted molar refractivity (Wildman–Crippen MR) is 111 cm³/mol. The van der Waals surface area contributed by atoms with E-state index in [1.807, 2.05) is 0 Å². The van der Waals surface area contributed by atoms with Crippen molar-refractivity contribution in [2.45, 2.75) is 19.9 Å². The molecule has 2 aromatic rings. The van der Waals surface area contributed by atoms with Crippen molar-refractivity contribution in [2.24, 2.45) is 0 Å². The minimum absolute atomic E-state index is 0.0651. The highest BCUT2D eigenvalue weighted by Crippen LogP contribution is 2.31. The number of rotatable bonds is 7. The number of halogens is 1. The SMILES string of the molecule is CCOC(=O)C1=C(COc2ccc(C(C)=O)cc2)N(C)C(=O)N[C@H]1c1ccc(F)cc1. The van der Waals surface area contributed by atoms with Gasteiger partial charge < -0.3 is 14.8 Å². The van der Waals surface area contributed by atoms with Gasteiger partial charge in [0.25, 0.3) is 0 Å². The van der Waals surface area contributed by atoms with E-state index in [0.29, 0.717) is 22.6 Å². The fourth-order valence-electron chi connectivity index (χ4n) is 3.22. The summed E-state index contributed by atoms with van der Waals surface area (Å²) in [4.78, 5) is 38.1. The molecule has 7 nitrogen and oxygen atoms in total. The third kappa shape index (κ3) is 4.91. The average molecular weight is 426 g/mol. The second-order valence-corrected chi connectivity index (χ2v) is 6.94. The number of ether oxygens (including phenoxy) is 2.